The zero-order chi connectivity index (χ0) is 16.6. The SMILES string of the molecule is Clc1ccc(CN=C2Nc3ncoc3CC23CCCCC3)cc1Cl. The van der Waals surface area contributed by atoms with E-state index >= 15 is 0 Å². The van der Waals surface area contributed by atoms with Crippen LogP contribution in [0.5, 0.6) is 0 Å². The summed E-state index contributed by atoms with van der Waals surface area (Å²) in [6, 6.07) is 5.67. The molecule has 1 aliphatic heterocycles. The van der Waals surface area contributed by atoms with Crippen LogP contribution in [-0.2, 0) is 13.0 Å². The monoisotopic (exact) mass is 363 g/mol. The predicted molar refractivity (Wildman–Crippen MR) is 96.9 cm³/mol. The lowest BCUT2D eigenvalue weighted by atomic mass is 9.69. The number of anilines is 1. The lowest BCUT2D eigenvalue weighted by molar-refractivity contribution is 0.261. The van der Waals surface area contributed by atoms with E-state index in [4.69, 9.17) is 32.6 Å². The maximum absolute atomic E-state index is 6.11. The summed E-state index contributed by atoms with van der Waals surface area (Å²) in [6.45, 7) is 0.578. The summed E-state index contributed by atoms with van der Waals surface area (Å²) in [7, 11) is 0. The fourth-order valence-electron chi connectivity index (χ4n) is 3.79. The second-order valence-electron chi connectivity index (χ2n) is 6.68. The molecule has 2 heterocycles. The Morgan fingerprint density at radius 2 is 2.00 bits per heavy atom. The van der Waals surface area contributed by atoms with Crippen molar-refractivity contribution < 1.29 is 4.42 Å². The highest BCUT2D eigenvalue weighted by Crippen LogP contribution is 2.44. The van der Waals surface area contributed by atoms with E-state index in [0.29, 0.717) is 16.6 Å². The van der Waals surface area contributed by atoms with Gasteiger partial charge in [0.25, 0.3) is 0 Å². The van der Waals surface area contributed by atoms with Crippen molar-refractivity contribution in [3.8, 4) is 0 Å². The summed E-state index contributed by atoms with van der Waals surface area (Å²) in [5.74, 6) is 2.79. The molecule has 4 nitrogen and oxygen atoms in total. The van der Waals surface area contributed by atoms with Gasteiger partial charge in [0.15, 0.2) is 12.2 Å². The van der Waals surface area contributed by atoms with Crippen LogP contribution in [0.1, 0.15) is 43.4 Å². The number of nitrogens with zero attached hydrogens (tertiary/aromatic N) is 2. The van der Waals surface area contributed by atoms with Crippen LogP contribution in [0.4, 0.5) is 5.82 Å². The van der Waals surface area contributed by atoms with E-state index in [1.165, 1.54) is 25.7 Å². The summed E-state index contributed by atoms with van der Waals surface area (Å²) in [5, 5.41) is 4.56. The second kappa shape index (κ2) is 6.41. The minimum atomic E-state index is 0.0566. The standard InChI is InChI=1S/C18H19Cl2N3O/c19-13-5-4-12(8-14(13)20)10-21-17-18(6-2-1-3-7-18)9-15-16(23-17)22-11-24-15/h4-5,8,11H,1-3,6-7,9-10H2,(H,21,23). The van der Waals surface area contributed by atoms with Gasteiger partial charge in [-0.05, 0) is 30.5 Å². The number of hydrogen-bond donors (Lipinski definition) is 1. The van der Waals surface area contributed by atoms with E-state index in [1.807, 2.05) is 18.2 Å². The normalized spacial score (nSPS) is 20.8. The van der Waals surface area contributed by atoms with Gasteiger partial charge >= 0.3 is 0 Å². The molecule has 126 valence electrons. The number of fused-ring (bicyclic) bond motifs is 1. The molecule has 1 saturated carbocycles. The highest BCUT2D eigenvalue weighted by Gasteiger charge is 2.42. The highest BCUT2D eigenvalue weighted by atomic mass is 35.5. The topological polar surface area (TPSA) is 50.4 Å². The Bertz CT molecular complexity index is 778. The van der Waals surface area contributed by atoms with Crippen molar-refractivity contribution in [2.24, 2.45) is 10.4 Å². The largest absolute Gasteiger partial charge is 0.446 e. The quantitative estimate of drug-likeness (QED) is 0.766. The molecule has 0 amide bonds. The van der Waals surface area contributed by atoms with Gasteiger partial charge in [0.2, 0.25) is 0 Å². The predicted octanol–water partition coefficient (Wildman–Crippen LogP) is 5.50. The molecule has 0 unspecified atom stereocenters. The average molecular weight is 364 g/mol. The van der Waals surface area contributed by atoms with Crippen LogP contribution in [0.15, 0.2) is 34.0 Å². The molecule has 24 heavy (non-hydrogen) atoms. The highest BCUT2D eigenvalue weighted by molar-refractivity contribution is 6.42. The third kappa shape index (κ3) is 2.93. The molecule has 1 N–H and O–H groups in total. The Balaban J connectivity index is 1.64. The molecular weight excluding hydrogens is 345 g/mol. The van der Waals surface area contributed by atoms with E-state index in [9.17, 15) is 0 Å². The van der Waals surface area contributed by atoms with Gasteiger partial charge in [0, 0.05) is 11.8 Å². The number of rotatable bonds is 2. The van der Waals surface area contributed by atoms with Crippen LogP contribution in [0, 0.1) is 5.41 Å². The van der Waals surface area contributed by atoms with Crippen LogP contribution in [0.3, 0.4) is 0 Å². The number of aliphatic imine (C=N–C) groups is 1. The maximum atomic E-state index is 6.11. The van der Waals surface area contributed by atoms with Crippen LogP contribution >= 0.6 is 23.2 Å². The average Bonchev–Trinajstić information content (AvgIpc) is 3.03. The van der Waals surface area contributed by atoms with E-state index in [1.54, 1.807) is 0 Å². The molecular formula is C18H19Cl2N3O. The molecule has 0 radical (unpaired) electrons. The first kappa shape index (κ1) is 16.0. The smallest absolute Gasteiger partial charge is 0.183 e. The van der Waals surface area contributed by atoms with Crippen molar-refractivity contribution >= 4 is 34.9 Å². The molecule has 0 bridgehead atoms. The molecule has 0 saturated heterocycles. The number of oxazole rings is 1. The summed E-state index contributed by atoms with van der Waals surface area (Å²) < 4.78 is 5.56. The summed E-state index contributed by atoms with van der Waals surface area (Å²) in [4.78, 5) is 9.17. The molecule has 1 aliphatic carbocycles. The van der Waals surface area contributed by atoms with Crippen LogP contribution in [0.2, 0.25) is 10.0 Å². The number of amidine groups is 1. The van der Waals surface area contributed by atoms with Gasteiger partial charge in [-0.3, -0.25) is 4.99 Å². The zero-order valence-electron chi connectivity index (χ0n) is 13.3. The number of aromatic nitrogens is 1. The zero-order valence-corrected chi connectivity index (χ0v) is 14.8. The molecule has 1 aromatic carbocycles. The number of halogens is 2. The molecule has 6 heteroatoms. The number of benzene rings is 1. The third-order valence-electron chi connectivity index (χ3n) is 5.09. The fourth-order valence-corrected chi connectivity index (χ4v) is 4.11. The Morgan fingerprint density at radius 3 is 2.79 bits per heavy atom. The van der Waals surface area contributed by atoms with Gasteiger partial charge < -0.3 is 9.73 Å². The number of hydrogen-bond acceptors (Lipinski definition) is 3. The van der Waals surface area contributed by atoms with E-state index in [0.717, 1.165) is 42.2 Å². The van der Waals surface area contributed by atoms with E-state index in [-0.39, 0.29) is 5.41 Å². The first-order chi connectivity index (χ1) is 11.7. The first-order valence-electron chi connectivity index (χ1n) is 8.35. The van der Waals surface area contributed by atoms with Gasteiger partial charge in [-0.25, -0.2) is 0 Å². The van der Waals surface area contributed by atoms with Gasteiger partial charge in [-0.15, -0.1) is 0 Å². The molecule has 4 rings (SSSR count). The lowest BCUT2D eigenvalue weighted by Gasteiger charge is -2.40. The van der Waals surface area contributed by atoms with Crippen molar-refractivity contribution in [1.82, 2.24) is 4.98 Å². The van der Waals surface area contributed by atoms with Crippen LogP contribution in [0.25, 0.3) is 0 Å². The molecule has 2 aromatic rings. The molecule has 2 aliphatic rings. The van der Waals surface area contributed by atoms with Crippen LogP contribution < -0.4 is 5.32 Å². The Kier molecular flexibility index (Phi) is 4.27. The molecule has 1 spiro atoms. The summed E-state index contributed by atoms with van der Waals surface area (Å²) >= 11 is 12.1. The van der Waals surface area contributed by atoms with E-state index in [2.05, 4.69) is 10.3 Å². The number of nitrogens with one attached hydrogen (secondary N) is 1. The summed E-state index contributed by atoms with van der Waals surface area (Å²) in [5.41, 5.74) is 1.11. The van der Waals surface area contributed by atoms with Gasteiger partial charge in [-0.1, -0.05) is 48.5 Å². The molecule has 0 atom stereocenters. The maximum Gasteiger partial charge on any atom is 0.183 e. The second-order valence-corrected chi connectivity index (χ2v) is 7.49. The molecule has 1 aromatic heterocycles. The van der Waals surface area contributed by atoms with Crippen molar-refractivity contribution in [1.29, 1.82) is 0 Å². The van der Waals surface area contributed by atoms with Gasteiger partial charge in [0.1, 0.15) is 11.6 Å². The third-order valence-corrected chi connectivity index (χ3v) is 5.83. The minimum Gasteiger partial charge on any atom is -0.446 e. The first-order valence-corrected chi connectivity index (χ1v) is 9.10. The van der Waals surface area contributed by atoms with Crippen molar-refractivity contribution in [2.75, 3.05) is 5.32 Å². The fraction of sp³-hybridized carbons (Fsp3) is 0.444. The minimum absolute atomic E-state index is 0.0566. The lowest BCUT2D eigenvalue weighted by Crippen LogP contribution is -2.43. The molecule has 1 fully saturated rings. The van der Waals surface area contributed by atoms with Crippen molar-refractivity contribution in [3.63, 3.8) is 0 Å². The Labute approximate surface area is 151 Å². The van der Waals surface area contributed by atoms with Gasteiger partial charge in [0.05, 0.1) is 16.6 Å². The Morgan fingerprint density at radius 1 is 1.17 bits per heavy atom. The van der Waals surface area contributed by atoms with Gasteiger partial charge in [-0.2, -0.15) is 4.98 Å². The van der Waals surface area contributed by atoms with E-state index < -0.39 is 0 Å². The van der Waals surface area contributed by atoms with Crippen molar-refractivity contribution in [2.45, 2.75) is 45.1 Å². The van der Waals surface area contributed by atoms with Crippen molar-refractivity contribution in [3.05, 3.63) is 46.0 Å². The van der Waals surface area contributed by atoms with Crippen LogP contribution in [-0.4, -0.2) is 10.8 Å². The Hall–Kier alpha value is -1.52. The summed E-state index contributed by atoms with van der Waals surface area (Å²) in [6.07, 6.45) is 8.44.